The Labute approximate surface area is 122 Å². The number of aliphatic hydroxyl groups is 2. The molecule has 1 fully saturated rings. The predicted octanol–water partition coefficient (Wildman–Crippen LogP) is -0.996. The summed E-state index contributed by atoms with van der Waals surface area (Å²) in [4.78, 5) is 25.0. The van der Waals surface area contributed by atoms with E-state index in [9.17, 15) is 19.1 Å². The largest absolute Gasteiger partial charge is 0.394 e. The Kier molecular flexibility index (Phi) is 4.20. The van der Waals surface area contributed by atoms with Crippen molar-refractivity contribution >= 4 is 11.6 Å². The van der Waals surface area contributed by atoms with Gasteiger partial charge >= 0.3 is 5.69 Å². The maximum absolute atomic E-state index is 15.0. The number of aromatic nitrogens is 2. The van der Waals surface area contributed by atoms with Crippen molar-refractivity contribution in [1.29, 1.82) is 0 Å². The van der Waals surface area contributed by atoms with E-state index < -0.39 is 42.0 Å². The van der Waals surface area contributed by atoms with Crippen LogP contribution in [0.2, 0.25) is 0 Å². The maximum Gasteiger partial charge on any atom is 0.330 e. The van der Waals surface area contributed by atoms with Crippen LogP contribution in [0.15, 0.2) is 15.7 Å². The molecule has 0 aliphatic carbocycles. The Morgan fingerprint density at radius 3 is 2.81 bits per heavy atom. The summed E-state index contributed by atoms with van der Waals surface area (Å²) in [5, 5.41) is 20.8. The maximum atomic E-state index is 15.0. The molecule has 0 bridgehead atoms. The lowest BCUT2D eigenvalue weighted by molar-refractivity contribution is -0.0552. The van der Waals surface area contributed by atoms with Crippen molar-refractivity contribution in [3.8, 4) is 11.3 Å². The van der Waals surface area contributed by atoms with Crippen LogP contribution in [0.5, 0.6) is 0 Å². The highest BCUT2D eigenvalue weighted by atomic mass is 35.5. The second-order valence-electron chi connectivity index (χ2n) is 4.59. The number of hydrogen-bond donors (Lipinski definition) is 3. The highest BCUT2D eigenvalue weighted by molar-refractivity contribution is 6.30. The average molecular weight is 319 g/mol. The number of aliphatic hydroxyl groups excluding tert-OH is 2. The lowest BCUT2D eigenvalue weighted by Gasteiger charge is -2.25. The van der Waals surface area contributed by atoms with Gasteiger partial charge in [0.15, 0.2) is 6.23 Å². The lowest BCUT2D eigenvalue weighted by Crippen LogP contribution is -2.45. The zero-order chi connectivity index (χ0) is 15.8. The molecule has 0 aromatic carbocycles. The van der Waals surface area contributed by atoms with Crippen LogP contribution in [0.25, 0.3) is 0 Å². The Morgan fingerprint density at radius 2 is 2.29 bits per heavy atom. The SMILES string of the molecule is Cc1cc(=O)[nH]c(=O)n1[C@@H]1O[C@H](CO)C(O)[C@]1(F)C#CCl. The van der Waals surface area contributed by atoms with Crippen LogP contribution in [0.1, 0.15) is 11.9 Å². The van der Waals surface area contributed by atoms with Crippen molar-refractivity contribution in [3.63, 3.8) is 0 Å². The first-order valence-corrected chi connectivity index (χ1v) is 6.31. The van der Waals surface area contributed by atoms with E-state index in [-0.39, 0.29) is 5.69 Å². The number of halogens is 2. The van der Waals surface area contributed by atoms with Gasteiger partial charge in [0.2, 0.25) is 5.67 Å². The average Bonchev–Trinajstić information content (AvgIpc) is 2.63. The van der Waals surface area contributed by atoms with Crippen molar-refractivity contribution < 1.29 is 19.3 Å². The van der Waals surface area contributed by atoms with Crippen LogP contribution >= 0.6 is 11.6 Å². The van der Waals surface area contributed by atoms with Crippen LogP contribution in [-0.4, -0.2) is 44.2 Å². The van der Waals surface area contributed by atoms with E-state index >= 15 is 0 Å². The molecule has 21 heavy (non-hydrogen) atoms. The van der Waals surface area contributed by atoms with E-state index in [1.807, 2.05) is 16.3 Å². The molecule has 0 saturated carbocycles. The molecule has 114 valence electrons. The van der Waals surface area contributed by atoms with Gasteiger partial charge in [0, 0.05) is 17.1 Å². The molecule has 0 radical (unpaired) electrons. The molecule has 2 rings (SSSR count). The first-order chi connectivity index (χ1) is 9.85. The first kappa shape index (κ1) is 15.7. The second kappa shape index (κ2) is 5.61. The summed E-state index contributed by atoms with van der Waals surface area (Å²) in [6.07, 6.45) is -4.74. The third-order valence-corrected chi connectivity index (χ3v) is 3.36. The number of rotatable bonds is 2. The topological polar surface area (TPSA) is 105 Å². The van der Waals surface area contributed by atoms with Gasteiger partial charge in [-0.2, -0.15) is 0 Å². The molecule has 3 N–H and O–H groups in total. The molecule has 1 aliphatic heterocycles. The van der Waals surface area contributed by atoms with E-state index in [0.717, 1.165) is 10.6 Å². The number of aromatic amines is 1. The highest BCUT2D eigenvalue weighted by Crippen LogP contribution is 2.41. The summed E-state index contributed by atoms with van der Waals surface area (Å²) < 4.78 is 20.9. The number of nitrogens with one attached hydrogen (secondary N) is 1. The monoisotopic (exact) mass is 318 g/mol. The standard InChI is InChI=1S/C12H12ClFN2O5/c1-6-4-8(18)15-11(20)16(6)10-12(14,2-3-13)9(19)7(5-17)21-10/h4,7,9-10,17,19H,5H2,1H3,(H,15,18,20)/t7-,9?,10-,12-/m1/s1. The van der Waals surface area contributed by atoms with Crippen molar-refractivity contribution in [2.45, 2.75) is 31.0 Å². The molecule has 1 aliphatic rings. The van der Waals surface area contributed by atoms with Crippen LogP contribution < -0.4 is 11.2 Å². The summed E-state index contributed by atoms with van der Waals surface area (Å²) in [6, 6.07) is 1.07. The molecular weight excluding hydrogens is 307 g/mol. The Morgan fingerprint density at radius 1 is 1.62 bits per heavy atom. The Hall–Kier alpha value is -1.66. The molecular formula is C12H12ClFN2O5. The molecule has 1 saturated heterocycles. The minimum Gasteiger partial charge on any atom is -0.394 e. The van der Waals surface area contributed by atoms with E-state index in [2.05, 4.69) is 0 Å². The van der Waals surface area contributed by atoms with Crippen LogP contribution in [0.3, 0.4) is 0 Å². The van der Waals surface area contributed by atoms with Crippen molar-refractivity contribution in [1.82, 2.24) is 9.55 Å². The third-order valence-electron chi connectivity index (χ3n) is 3.27. The molecule has 0 amide bonds. The summed E-state index contributed by atoms with van der Waals surface area (Å²) >= 11 is 5.21. The van der Waals surface area contributed by atoms with E-state index in [1.54, 1.807) is 0 Å². The minimum absolute atomic E-state index is 0.109. The van der Waals surface area contributed by atoms with Crippen molar-refractivity contribution in [3.05, 3.63) is 32.6 Å². The van der Waals surface area contributed by atoms with Gasteiger partial charge in [-0.05, 0) is 24.4 Å². The first-order valence-electron chi connectivity index (χ1n) is 5.93. The van der Waals surface area contributed by atoms with Crippen molar-refractivity contribution in [2.24, 2.45) is 0 Å². The fourth-order valence-electron chi connectivity index (χ4n) is 2.27. The number of hydrogen-bond acceptors (Lipinski definition) is 5. The molecule has 0 spiro atoms. The fraction of sp³-hybridized carbons (Fsp3) is 0.500. The molecule has 7 nitrogen and oxygen atoms in total. The molecule has 2 heterocycles. The fourth-order valence-corrected chi connectivity index (χ4v) is 2.41. The zero-order valence-corrected chi connectivity index (χ0v) is 11.6. The van der Waals surface area contributed by atoms with Gasteiger partial charge in [0.25, 0.3) is 5.56 Å². The third kappa shape index (κ3) is 2.49. The normalized spacial score (nSPS) is 31.8. The van der Waals surface area contributed by atoms with Crippen LogP contribution in [0, 0.1) is 18.2 Å². The number of alkyl halides is 1. The van der Waals surface area contributed by atoms with Gasteiger partial charge < -0.3 is 14.9 Å². The second-order valence-corrected chi connectivity index (χ2v) is 4.78. The van der Waals surface area contributed by atoms with Crippen molar-refractivity contribution in [2.75, 3.05) is 6.61 Å². The van der Waals surface area contributed by atoms with Gasteiger partial charge in [-0.15, -0.1) is 0 Å². The smallest absolute Gasteiger partial charge is 0.330 e. The quantitative estimate of drug-likeness (QED) is 0.607. The molecule has 1 aromatic rings. The molecule has 1 aromatic heterocycles. The van der Waals surface area contributed by atoms with Gasteiger partial charge in [-0.3, -0.25) is 14.3 Å². The Balaban J connectivity index is 2.64. The number of aryl methyl sites for hydroxylation is 1. The predicted molar refractivity (Wildman–Crippen MR) is 70.5 cm³/mol. The van der Waals surface area contributed by atoms with Crippen LogP contribution in [-0.2, 0) is 4.74 Å². The van der Waals surface area contributed by atoms with Gasteiger partial charge in [0.05, 0.1) is 6.61 Å². The molecule has 4 atom stereocenters. The summed E-state index contributed by atoms with van der Waals surface area (Å²) in [5.41, 5.74) is -4.17. The summed E-state index contributed by atoms with van der Waals surface area (Å²) in [7, 11) is 0. The minimum atomic E-state index is -2.71. The van der Waals surface area contributed by atoms with Gasteiger partial charge in [-0.1, -0.05) is 0 Å². The molecule has 1 unspecified atom stereocenters. The van der Waals surface area contributed by atoms with Crippen LogP contribution in [0.4, 0.5) is 4.39 Å². The number of ether oxygens (including phenoxy) is 1. The van der Waals surface area contributed by atoms with Gasteiger partial charge in [0.1, 0.15) is 12.2 Å². The molecule has 9 heteroatoms. The number of H-pyrrole nitrogens is 1. The highest BCUT2D eigenvalue weighted by Gasteiger charge is 2.58. The van der Waals surface area contributed by atoms with E-state index in [1.165, 1.54) is 6.92 Å². The summed E-state index contributed by atoms with van der Waals surface area (Å²) in [5.74, 6) is 1.96. The number of nitrogens with zero attached hydrogens (tertiary/aromatic N) is 1. The summed E-state index contributed by atoms with van der Waals surface area (Å²) in [6.45, 7) is 0.720. The van der Waals surface area contributed by atoms with E-state index in [0.29, 0.717) is 0 Å². The van der Waals surface area contributed by atoms with E-state index in [4.69, 9.17) is 21.4 Å². The zero-order valence-electron chi connectivity index (χ0n) is 10.8. The van der Waals surface area contributed by atoms with Gasteiger partial charge in [-0.25, -0.2) is 9.18 Å². The Bertz CT molecular complexity index is 721. The lowest BCUT2D eigenvalue weighted by atomic mass is 9.97.